The Labute approximate surface area is 125 Å². The molecule has 1 heterocycles. The summed E-state index contributed by atoms with van der Waals surface area (Å²) in [7, 11) is 0. The van der Waals surface area contributed by atoms with Gasteiger partial charge in [-0.15, -0.1) is 0 Å². The molecule has 1 aliphatic carbocycles. The highest BCUT2D eigenvalue weighted by Crippen LogP contribution is 2.29. The minimum atomic E-state index is -0.155. The second-order valence-electron chi connectivity index (χ2n) is 7.09. The van der Waals surface area contributed by atoms with Crippen molar-refractivity contribution in [1.29, 1.82) is 0 Å². The van der Waals surface area contributed by atoms with Crippen LogP contribution in [0.25, 0.3) is 0 Å². The molecule has 0 aromatic carbocycles. The van der Waals surface area contributed by atoms with Crippen LogP contribution in [0.1, 0.15) is 65.2 Å². The Bertz CT molecular complexity index is 264. The van der Waals surface area contributed by atoms with Crippen molar-refractivity contribution < 1.29 is 5.11 Å². The average molecular weight is 282 g/mol. The highest BCUT2D eigenvalue weighted by atomic mass is 16.3. The summed E-state index contributed by atoms with van der Waals surface area (Å²) < 4.78 is 0. The van der Waals surface area contributed by atoms with Gasteiger partial charge in [0, 0.05) is 18.6 Å². The fraction of sp³-hybridized carbons (Fsp3) is 1.00. The minimum Gasteiger partial charge on any atom is -0.392 e. The standard InChI is InChI=1S/C17H34N2O/c1-3-5-17(20)13-18-15-8-10-19(11-9-15)16-7-4-6-14(2)12-16/h14-18,20H,3-13H2,1-2H3. The molecule has 1 saturated heterocycles. The number of aliphatic hydroxyl groups excluding tert-OH is 1. The SMILES string of the molecule is CCCC(O)CNC1CCN(C2CCCC(C)C2)CC1. The van der Waals surface area contributed by atoms with E-state index in [0.717, 1.165) is 31.3 Å². The van der Waals surface area contributed by atoms with Crippen LogP contribution in [0.15, 0.2) is 0 Å². The van der Waals surface area contributed by atoms with Gasteiger partial charge in [0.1, 0.15) is 0 Å². The van der Waals surface area contributed by atoms with Gasteiger partial charge >= 0.3 is 0 Å². The van der Waals surface area contributed by atoms with Gasteiger partial charge in [-0.1, -0.05) is 33.1 Å². The number of hydrogen-bond acceptors (Lipinski definition) is 3. The topological polar surface area (TPSA) is 35.5 Å². The highest BCUT2D eigenvalue weighted by Gasteiger charge is 2.28. The molecule has 2 N–H and O–H groups in total. The van der Waals surface area contributed by atoms with E-state index in [1.54, 1.807) is 0 Å². The normalized spacial score (nSPS) is 31.4. The molecule has 0 aromatic heterocycles. The molecule has 2 rings (SSSR count). The van der Waals surface area contributed by atoms with Crippen LogP contribution in [0, 0.1) is 5.92 Å². The van der Waals surface area contributed by atoms with Crippen molar-refractivity contribution in [1.82, 2.24) is 10.2 Å². The van der Waals surface area contributed by atoms with Crippen LogP contribution in [-0.2, 0) is 0 Å². The van der Waals surface area contributed by atoms with Crippen molar-refractivity contribution in [3.05, 3.63) is 0 Å². The number of nitrogens with one attached hydrogen (secondary N) is 1. The summed E-state index contributed by atoms with van der Waals surface area (Å²) in [5, 5.41) is 13.4. The Morgan fingerprint density at radius 3 is 2.60 bits per heavy atom. The molecule has 1 aliphatic heterocycles. The van der Waals surface area contributed by atoms with Crippen LogP contribution in [0.2, 0.25) is 0 Å². The van der Waals surface area contributed by atoms with Gasteiger partial charge in [0.05, 0.1) is 6.10 Å². The van der Waals surface area contributed by atoms with E-state index in [4.69, 9.17) is 0 Å². The van der Waals surface area contributed by atoms with Gasteiger partial charge in [-0.2, -0.15) is 0 Å². The van der Waals surface area contributed by atoms with Crippen molar-refractivity contribution in [2.45, 2.75) is 83.4 Å². The second-order valence-corrected chi connectivity index (χ2v) is 7.09. The predicted molar refractivity (Wildman–Crippen MR) is 84.9 cm³/mol. The molecule has 3 unspecified atom stereocenters. The molecule has 118 valence electrons. The summed E-state index contributed by atoms with van der Waals surface area (Å²) in [6.45, 7) is 7.82. The van der Waals surface area contributed by atoms with Gasteiger partial charge in [-0.25, -0.2) is 0 Å². The Balaban J connectivity index is 1.64. The van der Waals surface area contributed by atoms with E-state index < -0.39 is 0 Å². The fourth-order valence-corrected chi connectivity index (χ4v) is 3.94. The van der Waals surface area contributed by atoms with Crippen molar-refractivity contribution in [3.8, 4) is 0 Å². The van der Waals surface area contributed by atoms with Gasteiger partial charge in [-0.05, 0) is 51.1 Å². The molecular weight excluding hydrogens is 248 g/mol. The molecule has 3 heteroatoms. The summed E-state index contributed by atoms with van der Waals surface area (Å²) in [4.78, 5) is 2.73. The average Bonchev–Trinajstić information content (AvgIpc) is 2.46. The summed E-state index contributed by atoms with van der Waals surface area (Å²) in [6, 6.07) is 1.48. The first-order chi connectivity index (χ1) is 9.69. The van der Waals surface area contributed by atoms with E-state index in [0.29, 0.717) is 6.04 Å². The van der Waals surface area contributed by atoms with E-state index in [-0.39, 0.29) is 6.10 Å². The maximum absolute atomic E-state index is 9.79. The summed E-state index contributed by atoms with van der Waals surface area (Å²) >= 11 is 0. The molecule has 20 heavy (non-hydrogen) atoms. The number of piperidine rings is 1. The number of rotatable bonds is 6. The zero-order valence-electron chi connectivity index (χ0n) is 13.5. The third kappa shape index (κ3) is 5.01. The predicted octanol–water partition coefficient (Wildman–Crippen LogP) is 2.78. The monoisotopic (exact) mass is 282 g/mol. The van der Waals surface area contributed by atoms with E-state index in [2.05, 4.69) is 24.1 Å². The van der Waals surface area contributed by atoms with Gasteiger partial charge in [0.2, 0.25) is 0 Å². The van der Waals surface area contributed by atoms with Gasteiger partial charge in [0.15, 0.2) is 0 Å². The first-order valence-electron chi connectivity index (χ1n) is 8.84. The van der Waals surface area contributed by atoms with E-state index >= 15 is 0 Å². The number of likely N-dealkylation sites (tertiary alicyclic amines) is 1. The van der Waals surface area contributed by atoms with Crippen LogP contribution in [0.5, 0.6) is 0 Å². The number of nitrogens with zero attached hydrogens (tertiary/aromatic N) is 1. The van der Waals surface area contributed by atoms with Crippen LogP contribution >= 0.6 is 0 Å². The first kappa shape index (κ1) is 16.3. The number of hydrogen-bond donors (Lipinski definition) is 2. The molecular formula is C17H34N2O. The van der Waals surface area contributed by atoms with Gasteiger partial charge in [0.25, 0.3) is 0 Å². The second kappa shape index (κ2) is 8.35. The summed E-state index contributed by atoms with van der Waals surface area (Å²) in [5.74, 6) is 0.925. The smallest absolute Gasteiger partial charge is 0.0664 e. The molecule has 0 aromatic rings. The van der Waals surface area contributed by atoms with E-state index in [9.17, 15) is 5.11 Å². The molecule has 1 saturated carbocycles. The third-order valence-corrected chi connectivity index (χ3v) is 5.22. The van der Waals surface area contributed by atoms with Crippen LogP contribution < -0.4 is 5.32 Å². The molecule has 2 aliphatic rings. The van der Waals surface area contributed by atoms with Crippen LogP contribution in [0.3, 0.4) is 0 Å². The number of aliphatic hydroxyl groups is 1. The Kier molecular flexibility index (Phi) is 6.79. The van der Waals surface area contributed by atoms with Crippen molar-refractivity contribution in [3.63, 3.8) is 0 Å². The summed E-state index contributed by atoms with van der Waals surface area (Å²) in [5.41, 5.74) is 0. The molecule has 2 fully saturated rings. The van der Waals surface area contributed by atoms with Crippen molar-refractivity contribution in [2.24, 2.45) is 5.92 Å². The molecule has 3 atom stereocenters. The molecule has 0 radical (unpaired) electrons. The first-order valence-corrected chi connectivity index (χ1v) is 8.84. The summed E-state index contributed by atoms with van der Waals surface area (Å²) in [6.07, 6.45) is 10.0. The zero-order valence-corrected chi connectivity index (χ0v) is 13.5. The maximum Gasteiger partial charge on any atom is 0.0664 e. The third-order valence-electron chi connectivity index (χ3n) is 5.22. The maximum atomic E-state index is 9.79. The Morgan fingerprint density at radius 2 is 1.95 bits per heavy atom. The zero-order chi connectivity index (χ0) is 14.4. The van der Waals surface area contributed by atoms with Crippen LogP contribution in [-0.4, -0.2) is 47.8 Å². The van der Waals surface area contributed by atoms with Gasteiger partial charge in [-0.3, -0.25) is 0 Å². The van der Waals surface area contributed by atoms with Crippen molar-refractivity contribution >= 4 is 0 Å². The largest absolute Gasteiger partial charge is 0.392 e. The molecule has 0 spiro atoms. The molecule has 0 amide bonds. The Morgan fingerprint density at radius 1 is 1.20 bits per heavy atom. The fourth-order valence-electron chi connectivity index (χ4n) is 3.94. The molecule has 3 nitrogen and oxygen atoms in total. The quantitative estimate of drug-likeness (QED) is 0.786. The lowest BCUT2D eigenvalue weighted by molar-refractivity contribution is 0.0940. The lowest BCUT2D eigenvalue weighted by atomic mass is 9.85. The van der Waals surface area contributed by atoms with Crippen molar-refractivity contribution in [2.75, 3.05) is 19.6 Å². The molecule has 0 bridgehead atoms. The van der Waals surface area contributed by atoms with Crippen LogP contribution in [0.4, 0.5) is 0 Å². The van der Waals surface area contributed by atoms with E-state index in [1.807, 2.05) is 0 Å². The van der Waals surface area contributed by atoms with Gasteiger partial charge < -0.3 is 15.3 Å². The Hall–Kier alpha value is -0.120. The van der Waals surface area contributed by atoms with E-state index in [1.165, 1.54) is 51.6 Å². The lowest BCUT2D eigenvalue weighted by Gasteiger charge is -2.41. The minimum absolute atomic E-state index is 0.155. The highest BCUT2D eigenvalue weighted by molar-refractivity contribution is 4.85. The lowest BCUT2D eigenvalue weighted by Crippen LogP contribution is -2.48.